The summed E-state index contributed by atoms with van der Waals surface area (Å²) >= 11 is 0. The standard InChI is InChI=1S/C8F15O/c9-1(2(10)11)3(12,13)4(14,15)5(16,17)6(18,19)7(20,21)8(22,23)24. The Kier molecular flexibility index (Phi) is 5.27. The molecule has 0 aliphatic carbocycles. The molecular weight excluding hydrogens is 397 g/mol. The number of rotatable bonds is 6. The van der Waals surface area contributed by atoms with Gasteiger partial charge in [0.25, 0.3) is 0 Å². The smallest absolute Gasteiger partial charge is 0.199 e. The van der Waals surface area contributed by atoms with Gasteiger partial charge in [-0.1, -0.05) is 0 Å². The molecule has 0 atom stereocenters. The van der Waals surface area contributed by atoms with Gasteiger partial charge in [-0.3, -0.25) is 0 Å². The molecule has 0 aromatic carbocycles. The molecule has 0 aliphatic heterocycles. The number of halogens is 15. The fourth-order valence-corrected chi connectivity index (χ4v) is 1.03. The largest absolute Gasteiger partial charge is 0.452 e. The summed E-state index contributed by atoms with van der Waals surface area (Å²) in [7, 11) is 0. The van der Waals surface area contributed by atoms with Crippen molar-refractivity contribution in [3.8, 4) is 0 Å². The van der Waals surface area contributed by atoms with Crippen LogP contribution in [0.3, 0.4) is 0 Å². The maximum Gasteiger partial charge on any atom is 0.452 e. The van der Waals surface area contributed by atoms with E-state index in [1.165, 1.54) is 0 Å². The topological polar surface area (TPSA) is 19.9 Å². The first kappa shape index (κ1) is 22.6. The summed E-state index contributed by atoms with van der Waals surface area (Å²) in [5.74, 6) is -44.7. The molecule has 0 unspecified atom stereocenters. The molecule has 143 valence electrons. The van der Waals surface area contributed by atoms with Crippen molar-refractivity contribution in [3.63, 3.8) is 0 Å². The fourth-order valence-electron chi connectivity index (χ4n) is 1.03. The minimum absolute atomic E-state index is 4.42. The van der Waals surface area contributed by atoms with Gasteiger partial charge in [0.1, 0.15) is 0 Å². The van der Waals surface area contributed by atoms with E-state index in [1.807, 2.05) is 0 Å². The molecule has 0 heterocycles. The van der Waals surface area contributed by atoms with Crippen LogP contribution in [0.15, 0.2) is 11.9 Å². The molecular formula is C8F15O. The molecule has 0 aliphatic rings. The predicted octanol–water partition coefficient (Wildman–Crippen LogP) is 5.26. The second-order valence-corrected chi connectivity index (χ2v) is 3.96. The fraction of sp³-hybridized carbons (Fsp3) is 0.750. The quantitative estimate of drug-likeness (QED) is 0.545. The number of hydrogen-bond donors (Lipinski definition) is 0. The molecule has 0 fully saturated rings. The van der Waals surface area contributed by atoms with E-state index in [0.717, 1.165) is 0 Å². The highest BCUT2D eigenvalue weighted by Gasteiger charge is 2.91. The van der Waals surface area contributed by atoms with Crippen LogP contribution in [0.25, 0.3) is 0 Å². The van der Waals surface area contributed by atoms with E-state index < -0.39 is 47.6 Å². The van der Waals surface area contributed by atoms with Crippen LogP contribution in [-0.2, 0) is 5.11 Å². The van der Waals surface area contributed by atoms with Crippen molar-refractivity contribution >= 4 is 0 Å². The van der Waals surface area contributed by atoms with E-state index in [1.54, 1.807) is 0 Å². The molecule has 1 radical (unpaired) electrons. The van der Waals surface area contributed by atoms with Crippen LogP contribution in [0.1, 0.15) is 0 Å². The zero-order valence-electron chi connectivity index (χ0n) is 10.1. The first-order valence-corrected chi connectivity index (χ1v) is 4.79. The van der Waals surface area contributed by atoms with Gasteiger partial charge in [0.15, 0.2) is 0 Å². The summed E-state index contributed by atoms with van der Waals surface area (Å²) in [4.78, 5) is 0. The normalized spacial score (nSPS) is 15.5. The third-order valence-corrected chi connectivity index (χ3v) is 2.38. The highest BCUT2D eigenvalue weighted by Crippen LogP contribution is 2.61. The molecule has 24 heavy (non-hydrogen) atoms. The Hall–Kier alpha value is -1.35. The van der Waals surface area contributed by atoms with Crippen molar-refractivity contribution in [2.24, 2.45) is 0 Å². The minimum atomic E-state index is -8.27. The van der Waals surface area contributed by atoms with Crippen molar-refractivity contribution in [1.29, 1.82) is 0 Å². The van der Waals surface area contributed by atoms with Gasteiger partial charge in [0, 0.05) is 0 Å². The zero-order valence-corrected chi connectivity index (χ0v) is 10.1. The lowest BCUT2D eigenvalue weighted by molar-refractivity contribution is -0.459. The summed E-state index contributed by atoms with van der Waals surface area (Å²) in [5, 5.41) is 9.50. The first-order chi connectivity index (χ1) is 10.1. The summed E-state index contributed by atoms with van der Waals surface area (Å²) in [5.41, 5.74) is 0. The summed E-state index contributed by atoms with van der Waals surface area (Å²) in [6, 6.07) is 0. The molecule has 16 heteroatoms. The Morgan fingerprint density at radius 2 is 0.792 bits per heavy atom. The van der Waals surface area contributed by atoms with Gasteiger partial charge in [-0.25, -0.2) is 0 Å². The van der Waals surface area contributed by atoms with Crippen LogP contribution in [-0.4, -0.2) is 35.7 Å². The lowest BCUT2D eigenvalue weighted by Gasteiger charge is -2.39. The average Bonchev–Trinajstić information content (AvgIpc) is 2.35. The molecule has 0 aromatic heterocycles. The number of alkyl halides is 12. The molecule has 0 saturated carbocycles. The predicted molar refractivity (Wildman–Crippen MR) is 40.7 cm³/mol. The Morgan fingerprint density at radius 1 is 0.500 bits per heavy atom. The van der Waals surface area contributed by atoms with Gasteiger partial charge in [0.2, 0.25) is 5.83 Å². The number of hydrogen-bond acceptors (Lipinski definition) is 0. The SMILES string of the molecule is [O]C(F)(F)C(F)(F)C(F)(F)C(F)(F)C(F)(F)C(F)(F)C(F)=C(F)F. The van der Waals surface area contributed by atoms with Crippen molar-refractivity contribution in [1.82, 2.24) is 0 Å². The summed E-state index contributed by atoms with van der Waals surface area (Å²) in [6.45, 7) is 0. The molecule has 0 N–H and O–H groups in total. The van der Waals surface area contributed by atoms with Crippen LogP contribution in [0.4, 0.5) is 65.9 Å². The molecule has 0 saturated heterocycles. The van der Waals surface area contributed by atoms with E-state index in [-0.39, 0.29) is 0 Å². The summed E-state index contributed by atoms with van der Waals surface area (Å²) in [6.07, 6.45) is -11.8. The molecule has 0 spiro atoms. The monoisotopic (exact) mass is 397 g/mol. The lowest BCUT2D eigenvalue weighted by Crippen LogP contribution is -2.70. The Bertz CT molecular complexity index is 508. The van der Waals surface area contributed by atoms with E-state index in [9.17, 15) is 71.0 Å². The van der Waals surface area contributed by atoms with Crippen molar-refractivity contribution in [2.45, 2.75) is 35.7 Å². The maximum absolute atomic E-state index is 12.8. The average molecular weight is 397 g/mol. The van der Waals surface area contributed by atoms with Crippen molar-refractivity contribution in [3.05, 3.63) is 11.9 Å². The second kappa shape index (κ2) is 5.59. The highest BCUT2D eigenvalue weighted by molar-refractivity contribution is 5.18. The Labute approximate surface area is 120 Å². The maximum atomic E-state index is 12.8. The minimum Gasteiger partial charge on any atom is -0.199 e. The van der Waals surface area contributed by atoms with Gasteiger partial charge in [-0.2, -0.15) is 71.0 Å². The van der Waals surface area contributed by atoms with Crippen LogP contribution in [0, 0.1) is 0 Å². The second-order valence-electron chi connectivity index (χ2n) is 3.96. The van der Waals surface area contributed by atoms with E-state index in [0.29, 0.717) is 0 Å². The Balaban J connectivity index is 6.47. The third kappa shape index (κ3) is 2.77. The van der Waals surface area contributed by atoms with Crippen LogP contribution < -0.4 is 0 Å². The first-order valence-electron chi connectivity index (χ1n) is 4.79. The van der Waals surface area contributed by atoms with Crippen molar-refractivity contribution < 1.29 is 71.0 Å². The lowest BCUT2D eigenvalue weighted by atomic mass is 9.93. The zero-order chi connectivity index (χ0) is 20.2. The molecule has 0 bridgehead atoms. The van der Waals surface area contributed by atoms with Gasteiger partial charge in [0.05, 0.1) is 0 Å². The third-order valence-electron chi connectivity index (χ3n) is 2.38. The van der Waals surface area contributed by atoms with Gasteiger partial charge in [-0.05, 0) is 0 Å². The van der Waals surface area contributed by atoms with Gasteiger partial charge < -0.3 is 0 Å². The van der Waals surface area contributed by atoms with E-state index in [4.69, 9.17) is 0 Å². The molecule has 0 amide bonds. The van der Waals surface area contributed by atoms with Gasteiger partial charge >= 0.3 is 41.8 Å². The molecule has 0 rings (SSSR count). The van der Waals surface area contributed by atoms with Crippen LogP contribution in [0.2, 0.25) is 0 Å². The number of allylic oxidation sites excluding steroid dienone is 1. The van der Waals surface area contributed by atoms with E-state index in [2.05, 4.69) is 0 Å². The molecule has 1 nitrogen and oxygen atoms in total. The van der Waals surface area contributed by atoms with E-state index >= 15 is 0 Å². The van der Waals surface area contributed by atoms with Crippen LogP contribution >= 0.6 is 0 Å². The van der Waals surface area contributed by atoms with Crippen LogP contribution in [0.5, 0.6) is 0 Å². The Morgan fingerprint density at radius 3 is 1.04 bits per heavy atom. The van der Waals surface area contributed by atoms with Crippen molar-refractivity contribution in [2.75, 3.05) is 0 Å². The summed E-state index contributed by atoms with van der Waals surface area (Å²) < 4.78 is 185. The van der Waals surface area contributed by atoms with Gasteiger partial charge in [-0.15, -0.1) is 0 Å². The molecule has 0 aromatic rings. The highest BCUT2D eigenvalue weighted by atomic mass is 19.4.